The first-order chi connectivity index (χ1) is 12.4. The Hall–Kier alpha value is -2.97. The van der Waals surface area contributed by atoms with Gasteiger partial charge in [0, 0.05) is 17.3 Å². The van der Waals surface area contributed by atoms with Gasteiger partial charge in [-0.3, -0.25) is 4.55 Å². The number of anilines is 2. The molecule has 0 radical (unpaired) electrons. The van der Waals surface area contributed by atoms with Gasteiger partial charge in [0.25, 0.3) is 10.1 Å². The molecule has 1 heterocycles. The zero-order chi connectivity index (χ0) is 18.7. The summed E-state index contributed by atoms with van der Waals surface area (Å²) in [6.45, 7) is 1.61. The summed E-state index contributed by atoms with van der Waals surface area (Å²) < 4.78 is 37.6. The Labute approximate surface area is 151 Å². The molecule has 26 heavy (non-hydrogen) atoms. The molecule has 134 valence electrons. The largest absolute Gasteiger partial charge is 0.496 e. The number of nitrogens with zero attached hydrogens (tertiary/aromatic N) is 2. The van der Waals surface area contributed by atoms with Crippen molar-refractivity contribution in [3.8, 4) is 17.0 Å². The second-order valence-corrected chi connectivity index (χ2v) is 6.96. The van der Waals surface area contributed by atoms with E-state index in [9.17, 15) is 13.0 Å². The lowest BCUT2D eigenvalue weighted by Crippen LogP contribution is -2.03. The number of methoxy groups -OCH3 is 1. The van der Waals surface area contributed by atoms with Gasteiger partial charge in [-0.1, -0.05) is 18.2 Å². The average molecular weight is 371 g/mol. The number of hydrogen-bond acceptors (Lipinski definition) is 6. The van der Waals surface area contributed by atoms with Crippen molar-refractivity contribution in [1.82, 2.24) is 9.97 Å². The molecule has 2 aromatic carbocycles. The minimum absolute atomic E-state index is 0.151. The third-order valence-electron chi connectivity index (χ3n) is 3.79. The van der Waals surface area contributed by atoms with Crippen molar-refractivity contribution >= 4 is 21.6 Å². The number of aryl methyl sites for hydroxylation is 1. The predicted octanol–water partition coefficient (Wildman–Crippen LogP) is 3.45. The van der Waals surface area contributed by atoms with Crippen LogP contribution in [0.1, 0.15) is 5.56 Å². The molecule has 7 nitrogen and oxygen atoms in total. The minimum Gasteiger partial charge on any atom is -0.496 e. The average Bonchev–Trinajstić information content (AvgIpc) is 2.62. The van der Waals surface area contributed by atoms with Crippen LogP contribution in [0.4, 0.5) is 11.5 Å². The fourth-order valence-electron chi connectivity index (χ4n) is 2.53. The molecule has 0 amide bonds. The molecule has 0 saturated heterocycles. The Balaban J connectivity index is 1.95. The number of rotatable bonds is 5. The molecule has 0 saturated carbocycles. The predicted molar refractivity (Wildman–Crippen MR) is 98.3 cm³/mol. The summed E-state index contributed by atoms with van der Waals surface area (Å²) in [6.07, 6.45) is 1.40. The molecule has 0 aliphatic heterocycles. The van der Waals surface area contributed by atoms with Crippen molar-refractivity contribution in [1.29, 1.82) is 0 Å². The van der Waals surface area contributed by atoms with Crippen molar-refractivity contribution in [3.63, 3.8) is 0 Å². The van der Waals surface area contributed by atoms with Gasteiger partial charge in [0.1, 0.15) is 17.9 Å². The number of benzene rings is 2. The number of hydrogen-bond donors (Lipinski definition) is 2. The Morgan fingerprint density at radius 3 is 2.58 bits per heavy atom. The van der Waals surface area contributed by atoms with Crippen LogP contribution in [-0.2, 0) is 10.1 Å². The second-order valence-electron chi connectivity index (χ2n) is 5.57. The number of nitrogens with one attached hydrogen (secondary N) is 1. The fraction of sp³-hybridized carbons (Fsp3) is 0.111. The smallest absolute Gasteiger partial charge is 0.294 e. The molecule has 2 N–H and O–H groups in total. The first-order valence-corrected chi connectivity index (χ1v) is 9.13. The van der Waals surface area contributed by atoms with E-state index in [2.05, 4.69) is 15.3 Å². The van der Waals surface area contributed by atoms with Crippen LogP contribution in [0.5, 0.6) is 5.75 Å². The van der Waals surface area contributed by atoms with Crippen LogP contribution in [0.25, 0.3) is 11.3 Å². The normalized spacial score (nSPS) is 11.2. The van der Waals surface area contributed by atoms with E-state index in [0.29, 0.717) is 28.5 Å². The Bertz CT molecular complexity index is 1050. The van der Waals surface area contributed by atoms with Crippen LogP contribution >= 0.6 is 0 Å². The third-order valence-corrected chi connectivity index (χ3v) is 4.78. The first-order valence-electron chi connectivity index (χ1n) is 7.69. The molecule has 0 bridgehead atoms. The summed E-state index contributed by atoms with van der Waals surface area (Å²) >= 11 is 0. The zero-order valence-corrected chi connectivity index (χ0v) is 15.0. The second kappa shape index (κ2) is 7.11. The Morgan fingerprint density at radius 2 is 1.85 bits per heavy atom. The molecule has 3 aromatic rings. The van der Waals surface area contributed by atoms with E-state index in [1.165, 1.54) is 12.4 Å². The topological polar surface area (TPSA) is 101 Å². The SMILES string of the molecule is COc1ccccc1-c1cc(Nc2ccc(C)c(S(=O)(=O)O)c2)ncn1. The van der Waals surface area contributed by atoms with E-state index in [1.807, 2.05) is 24.3 Å². The van der Waals surface area contributed by atoms with Crippen LogP contribution in [-0.4, -0.2) is 30.0 Å². The molecular weight excluding hydrogens is 354 g/mol. The first kappa shape index (κ1) is 17.8. The highest BCUT2D eigenvalue weighted by molar-refractivity contribution is 7.85. The monoisotopic (exact) mass is 371 g/mol. The lowest BCUT2D eigenvalue weighted by Gasteiger charge is -2.11. The maximum Gasteiger partial charge on any atom is 0.294 e. The van der Waals surface area contributed by atoms with Crippen molar-refractivity contribution in [2.45, 2.75) is 11.8 Å². The Morgan fingerprint density at radius 1 is 1.08 bits per heavy atom. The molecule has 1 aromatic heterocycles. The molecular formula is C18H17N3O4S. The summed E-state index contributed by atoms with van der Waals surface area (Å²) in [5, 5.41) is 3.02. The van der Waals surface area contributed by atoms with Gasteiger partial charge < -0.3 is 10.1 Å². The molecule has 0 aliphatic rings. The van der Waals surface area contributed by atoms with Crippen molar-refractivity contribution in [2.24, 2.45) is 0 Å². The quantitative estimate of drug-likeness (QED) is 0.662. The van der Waals surface area contributed by atoms with E-state index >= 15 is 0 Å². The zero-order valence-electron chi connectivity index (χ0n) is 14.2. The maximum atomic E-state index is 11.5. The molecule has 3 rings (SSSR count). The lowest BCUT2D eigenvalue weighted by atomic mass is 10.1. The van der Waals surface area contributed by atoms with Gasteiger partial charge in [0.05, 0.1) is 17.7 Å². The van der Waals surface area contributed by atoms with E-state index in [1.54, 1.807) is 32.2 Å². The van der Waals surface area contributed by atoms with Crippen molar-refractivity contribution < 1.29 is 17.7 Å². The van der Waals surface area contributed by atoms with Gasteiger partial charge in [0.15, 0.2) is 0 Å². The summed E-state index contributed by atoms with van der Waals surface area (Å²) in [5.74, 6) is 1.16. The third kappa shape index (κ3) is 3.81. The summed E-state index contributed by atoms with van der Waals surface area (Å²) in [4.78, 5) is 8.27. The van der Waals surface area contributed by atoms with Crippen LogP contribution in [0, 0.1) is 6.92 Å². The lowest BCUT2D eigenvalue weighted by molar-refractivity contribution is 0.416. The van der Waals surface area contributed by atoms with Gasteiger partial charge in [-0.05, 0) is 36.8 Å². The summed E-state index contributed by atoms with van der Waals surface area (Å²) in [6, 6.07) is 13.9. The van der Waals surface area contributed by atoms with Gasteiger partial charge in [-0.2, -0.15) is 8.42 Å². The standard InChI is InChI=1S/C18H17N3O4S/c1-12-7-8-13(9-17(12)26(22,23)24)21-18-10-15(19-11-20-18)14-5-3-4-6-16(14)25-2/h3-11H,1-2H3,(H,19,20,21)(H,22,23,24). The maximum absolute atomic E-state index is 11.5. The highest BCUT2D eigenvalue weighted by Gasteiger charge is 2.14. The number of para-hydroxylation sites is 1. The van der Waals surface area contributed by atoms with E-state index in [-0.39, 0.29) is 4.90 Å². The molecule has 8 heteroatoms. The molecule has 0 atom stereocenters. The molecule has 0 spiro atoms. The summed E-state index contributed by atoms with van der Waals surface area (Å²) in [7, 11) is -2.71. The van der Waals surface area contributed by atoms with E-state index in [0.717, 1.165) is 5.56 Å². The van der Waals surface area contributed by atoms with Crippen LogP contribution in [0.15, 0.2) is 59.8 Å². The number of aromatic nitrogens is 2. The van der Waals surface area contributed by atoms with Crippen LogP contribution < -0.4 is 10.1 Å². The van der Waals surface area contributed by atoms with Crippen molar-refractivity contribution in [2.75, 3.05) is 12.4 Å². The fourth-order valence-corrected chi connectivity index (χ4v) is 3.28. The minimum atomic E-state index is -4.30. The van der Waals surface area contributed by atoms with Gasteiger partial charge in [0.2, 0.25) is 0 Å². The Kier molecular flexibility index (Phi) is 4.88. The molecule has 0 unspecified atom stereocenters. The van der Waals surface area contributed by atoms with E-state index < -0.39 is 10.1 Å². The van der Waals surface area contributed by atoms with Crippen LogP contribution in [0.3, 0.4) is 0 Å². The van der Waals surface area contributed by atoms with Crippen LogP contribution in [0.2, 0.25) is 0 Å². The van der Waals surface area contributed by atoms with Gasteiger partial charge >= 0.3 is 0 Å². The van der Waals surface area contributed by atoms with Gasteiger partial charge in [-0.25, -0.2) is 9.97 Å². The van der Waals surface area contributed by atoms with Crippen molar-refractivity contribution in [3.05, 3.63) is 60.4 Å². The van der Waals surface area contributed by atoms with E-state index in [4.69, 9.17) is 4.74 Å². The molecule has 0 fully saturated rings. The van der Waals surface area contributed by atoms with Gasteiger partial charge in [-0.15, -0.1) is 0 Å². The highest BCUT2D eigenvalue weighted by Crippen LogP contribution is 2.29. The highest BCUT2D eigenvalue weighted by atomic mass is 32.2. The molecule has 0 aliphatic carbocycles. The number of ether oxygens (including phenoxy) is 1. The summed E-state index contributed by atoms with van der Waals surface area (Å²) in [5.41, 5.74) is 2.40.